The second kappa shape index (κ2) is 5.55. The Labute approximate surface area is 105 Å². The summed E-state index contributed by atoms with van der Waals surface area (Å²) < 4.78 is 31.7. The Morgan fingerprint density at radius 1 is 1.16 bits per heavy atom. The second-order valence-corrected chi connectivity index (χ2v) is 3.63. The molecule has 7 heteroatoms. The van der Waals surface area contributed by atoms with Crippen molar-refractivity contribution in [2.24, 2.45) is 0 Å². The molecule has 0 saturated heterocycles. The van der Waals surface area contributed by atoms with Crippen LogP contribution in [-0.4, -0.2) is 28.3 Å². The van der Waals surface area contributed by atoms with Gasteiger partial charge in [0.05, 0.1) is 5.56 Å². The van der Waals surface area contributed by atoms with Crippen LogP contribution in [0.4, 0.5) is 13.2 Å². The molecule has 2 rings (SSSR count). The highest BCUT2D eigenvalue weighted by Crippen LogP contribution is 2.20. The standard InChI is InChI=1S/C10H8O2.C2HF3O2/c11-10(12)9-5-4-7-2-1-3-8(7)6-9;3-2(4,5)1(6)7/h1-2,4-6H,3H2,(H,11,12);(H,6,7). The number of allylic oxidation sites excluding steroid dienone is 1. The van der Waals surface area contributed by atoms with Gasteiger partial charge in [-0.15, -0.1) is 0 Å². The molecule has 19 heavy (non-hydrogen) atoms. The molecule has 1 aliphatic rings. The van der Waals surface area contributed by atoms with Gasteiger partial charge in [-0.25, -0.2) is 9.59 Å². The molecule has 0 saturated carbocycles. The zero-order chi connectivity index (χ0) is 14.6. The zero-order valence-corrected chi connectivity index (χ0v) is 9.44. The Hall–Kier alpha value is -2.31. The van der Waals surface area contributed by atoms with E-state index in [0.717, 1.165) is 17.5 Å². The number of aliphatic carboxylic acids is 1. The van der Waals surface area contributed by atoms with E-state index in [1.165, 1.54) is 0 Å². The van der Waals surface area contributed by atoms with Crippen LogP contribution in [0.2, 0.25) is 0 Å². The first-order valence-corrected chi connectivity index (χ1v) is 5.04. The lowest BCUT2D eigenvalue weighted by Crippen LogP contribution is -2.21. The van der Waals surface area contributed by atoms with Crippen LogP contribution in [0.5, 0.6) is 0 Å². The summed E-state index contributed by atoms with van der Waals surface area (Å²) in [5.74, 6) is -3.61. The number of carboxylic acid groups (broad SMARTS) is 2. The van der Waals surface area contributed by atoms with E-state index in [2.05, 4.69) is 0 Å². The van der Waals surface area contributed by atoms with Crippen molar-refractivity contribution in [1.29, 1.82) is 0 Å². The van der Waals surface area contributed by atoms with Gasteiger partial charge >= 0.3 is 18.1 Å². The summed E-state index contributed by atoms with van der Waals surface area (Å²) >= 11 is 0. The minimum absolute atomic E-state index is 0.373. The van der Waals surface area contributed by atoms with Crippen molar-refractivity contribution in [2.75, 3.05) is 0 Å². The van der Waals surface area contributed by atoms with Gasteiger partial charge in [-0.1, -0.05) is 18.2 Å². The molecule has 0 atom stereocenters. The Kier molecular flexibility index (Phi) is 4.31. The van der Waals surface area contributed by atoms with E-state index in [9.17, 15) is 18.0 Å². The van der Waals surface area contributed by atoms with Gasteiger partial charge in [-0.2, -0.15) is 13.2 Å². The van der Waals surface area contributed by atoms with Crippen molar-refractivity contribution >= 4 is 18.0 Å². The van der Waals surface area contributed by atoms with Gasteiger partial charge in [0, 0.05) is 0 Å². The highest BCUT2D eigenvalue weighted by molar-refractivity contribution is 5.88. The van der Waals surface area contributed by atoms with E-state index in [0.29, 0.717) is 5.56 Å². The number of fused-ring (bicyclic) bond motifs is 1. The lowest BCUT2D eigenvalue weighted by atomic mass is 10.1. The number of carbonyl (C=O) groups is 2. The molecular weight excluding hydrogens is 265 g/mol. The predicted molar refractivity (Wildman–Crippen MR) is 59.8 cm³/mol. The SMILES string of the molecule is O=C(O)C(F)(F)F.O=C(O)c1ccc2c(c1)CC=C2. The molecule has 0 bridgehead atoms. The van der Waals surface area contributed by atoms with Gasteiger partial charge in [0.2, 0.25) is 0 Å². The highest BCUT2D eigenvalue weighted by atomic mass is 19.4. The van der Waals surface area contributed by atoms with Crippen LogP contribution in [0.25, 0.3) is 6.08 Å². The maximum absolute atomic E-state index is 10.6. The molecule has 0 heterocycles. The van der Waals surface area contributed by atoms with Gasteiger partial charge in [0.15, 0.2) is 0 Å². The summed E-state index contributed by atoms with van der Waals surface area (Å²) in [6, 6.07) is 5.22. The normalized spacial score (nSPS) is 12.4. The van der Waals surface area contributed by atoms with Crippen molar-refractivity contribution in [1.82, 2.24) is 0 Å². The quantitative estimate of drug-likeness (QED) is 0.825. The van der Waals surface area contributed by atoms with E-state index < -0.39 is 18.1 Å². The van der Waals surface area contributed by atoms with Crippen LogP contribution in [0.3, 0.4) is 0 Å². The molecule has 0 unspecified atom stereocenters. The Balaban J connectivity index is 0.000000224. The third kappa shape index (κ3) is 4.13. The lowest BCUT2D eigenvalue weighted by Gasteiger charge is -1.99. The van der Waals surface area contributed by atoms with Crippen LogP contribution in [0, 0.1) is 0 Å². The third-order valence-electron chi connectivity index (χ3n) is 2.27. The molecule has 4 nitrogen and oxygen atoms in total. The van der Waals surface area contributed by atoms with Crippen molar-refractivity contribution in [3.05, 3.63) is 41.0 Å². The number of hydrogen-bond donors (Lipinski definition) is 2. The van der Waals surface area contributed by atoms with E-state index >= 15 is 0 Å². The first-order chi connectivity index (χ1) is 8.71. The van der Waals surface area contributed by atoms with Gasteiger partial charge in [-0.05, 0) is 29.7 Å². The average Bonchev–Trinajstić information content (AvgIpc) is 2.74. The van der Waals surface area contributed by atoms with Crippen molar-refractivity contribution in [2.45, 2.75) is 12.6 Å². The number of rotatable bonds is 1. The molecule has 102 valence electrons. The Morgan fingerprint density at radius 2 is 1.74 bits per heavy atom. The predicted octanol–water partition coefficient (Wildman–Crippen LogP) is 2.59. The van der Waals surface area contributed by atoms with E-state index in [-0.39, 0.29) is 0 Å². The largest absolute Gasteiger partial charge is 0.490 e. The summed E-state index contributed by atoms with van der Waals surface area (Å²) in [6.45, 7) is 0. The molecule has 1 aromatic carbocycles. The topological polar surface area (TPSA) is 74.6 Å². The van der Waals surface area contributed by atoms with Crippen LogP contribution in [0.15, 0.2) is 24.3 Å². The number of aromatic carboxylic acids is 1. The fourth-order valence-corrected chi connectivity index (χ4v) is 1.39. The van der Waals surface area contributed by atoms with Gasteiger partial charge < -0.3 is 10.2 Å². The molecule has 2 N–H and O–H groups in total. The van der Waals surface area contributed by atoms with Crippen molar-refractivity contribution in [3.8, 4) is 0 Å². The van der Waals surface area contributed by atoms with Crippen LogP contribution in [-0.2, 0) is 11.2 Å². The number of carboxylic acids is 2. The zero-order valence-electron chi connectivity index (χ0n) is 9.44. The summed E-state index contributed by atoms with van der Waals surface area (Å²) in [5, 5.41) is 15.8. The van der Waals surface area contributed by atoms with Gasteiger partial charge in [0.25, 0.3) is 0 Å². The molecule has 1 aliphatic carbocycles. The van der Waals surface area contributed by atoms with Crippen molar-refractivity contribution in [3.63, 3.8) is 0 Å². The summed E-state index contributed by atoms with van der Waals surface area (Å²) in [7, 11) is 0. The Bertz CT molecular complexity index is 532. The first kappa shape index (κ1) is 14.7. The molecule has 0 amide bonds. The minimum Gasteiger partial charge on any atom is -0.478 e. The van der Waals surface area contributed by atoms with E-state index in [4.69, 9.17) is 15.0 Å². The van der Waals surface area contributed by atoms with Crippen LogP contribution < -0.4 is 0 Å². The van der Waals surface area contributed by atoms with E-state index in [1.807, 2.05) is 18.2 Å². The smallest absolute Gasteiger partial charge is 0.478 e. The fraction of sp³-hybridized carbons (Fsp3) is 0.167. The monoisotopic (exact) mass is 274 g/mol. The summed E-state index contributed by atoms with van der Waals surface area (Å²) in [6.07, 6.45) is -0.173. The maximum Gasteiger partial charge on any atom is 0.490 e. The molecule has 0 spiro atoms. The molecule has 0 radical (unpaired) electrons. The number of benzene rings is 1. The van der Waals surface area contributed by atoms with Gasteiger partial charge in [-0.3, -0.25) is 0 Å². The summed E-state index contributed by atoms with van der Waals surface area (Å²) in [4.78, 5) is 19.5. The lowest BCUT2D eigenvalue weighted by molar-refractivity contribution is -0.192. The van der Waals surface area contributed by atoms with Gasteiger partial charge in [0.1, 0.15) is 0 Å². The summed E-state index contributed by atoms with van der Waals surface area (Å²) in [5.41, 5.74) is 2.62. The first-order valence-electron chi connectivity index (χ1n) is 5.04. The average molecular weight is 274 g/mol. The van der Waals surface area contributed by atoms with Crippen LogP contribution >= 0.6 is 0 Å². The second-order valence-electron chi connectivity index (χ2n) is 3.63. The molecule has 0 aromatic heterocycles. The number of alkyl halides is 3. The highest BCUT2D eigenvalue weighted by Gasteiger charge is 2.38. The molecule has 0 aliphatic heterocycles. The van der Waals surface area contributed by atoms with Crippen LogP contribution in [0.1, 0.15) is 21.5 Å². The third-order valence-corrected chi connectivity index (χ3v) is 2.27. The number of halogens is 3. The maximum atomic E-state index is 10.6. The molecule has 1 aromatic rings. The fourth-order valence-electron chi connectivity index (χ4n) is 1.39. The minimum atomic E-state index is -5.08. The molecule has 0 fully saturated rings. The molecular formula is C12H9F3O4. The van der Waals surface area contributed by atoms with Crippen molar-refractivity contribution < 1.29 is 33.0 Å². The Morgan fingerprint density at radius 3 is 2.21 bits per heavy atom. The number of hydrogen-bond acceptors (Lipinski definition) is 2. The van der Waals surface area contributed by atoms with E-state index in [1.54, 1.807) is 12.1 Å².